The molecule has 0 N–H and O–H groups in total. The number of halogens is 2. The Kier molecular flexibility index (Phi) is 3.57. The van der Waals surface area contributed by atoms with Crippen LogP contribution in [0.15, 0.2) is 41.0 Å². The fourth-order valence-electron chi connectivity index (χ4n) is 1.68. The third-order valence-corrected chi connectivity index (χ3v) is 3.28. The van der Waals surface area contributed by atoms with E-state index in [9.17, 15) is 0 Å². The molecule has 1 aromatic carbocycles. The third kappa shape index (κ3) is 2.26. The third-order valence-electron chi connectivity index (χ3n) is 2.54. The van der Waals surface area contributed by atoms with E-state index in [2.05, 4.69) is 0 Å². The topological polar surface area (TPSA) is 13.1 Å². The van der Waals surface area contributed by atoms with Crippen LogP contribution in [0.5, 0.6) is 0 Å². The number of hydrogen-bond acceptors (Lipinski definition) is 1. The molecule has 0 amide bonds. The molecule has 0 aliphatic heterocycles. The minimum Gasteiger partial charge on any atom is -0.469 e. The molecule has 16 heavy (non-hydrogen) atoms. The van der Waals surface area contributed by atoms with E-state index in [0.717, 1.165) is 28.3 Å². The van der Waals surface area contributed by atoms with Gasteiger partial charge in [0.05, 0.1) is 11.6 Å². The molecule has 3 heteroatoms. The highest BCUT2D eigenvalue weighted by molar-refractivity contribution is 6.30. The van der Waals surface area contributed by atoms with Crippen LogP contribution in [0, 0.1) is 0 Å². The average molecular weight is 255 g/mol. The van der Waals surface area contributed by atoms with Gasteiger partial charge in [-0.05, 0) is 23.8 Å². The molecule has 0 spiro atoms. The summed E-state index contributed by atoms with van der Waals surface area (Å²) in [5, 5.41) is 0.543. The molecule has 0 aliphatic rings. The van der Waals surface area contributed by atoms with E-state index < -0.39 is 0 Å². The lowest BCUT2D eigenvalue weighted by Gasteiger charge is -2.09. The van der Waals surface area contributed by atoms with Crippen molar-refractivity contribution in [3.63, 3.8) is 0 Å². The number of benzene rings is 1. The lowest BCUT2D eigenvalue weighted by molar-refractivity contribution is 0.512. The molecule has 0 saturated heterocycles. The Bertz CT molecular complexity index is 459. The van der Waals surface area contributed by atoms with Crippen LogP contribution < -0.4 is 0 Å². The van der Waals surface area contributed by atoms with Crippen LogP contribution in [-0.2, 0) is 6.42 Å². The van der Waals surface area contributed by atoms with Gasteiger partial charge in [-0.2, -0.15) is 0 Å². The summed E-state index contributed by atoms with van der Waals surface area (Å²) in [6.07, 6.45) is 2.53. The quantitative estimate of drug-likeness (QED) is 0.716. The predicted octanol–water partition coefficient (Wildman–Crippen LogP) is 4.82. The van der Waals surface area contributed by atoms with Crippen LogP contribution in [0.1, 0.15) is 29.2 Å². The number of hydrogen-bond donors (Lipinski definition) is 0. The van der Waals surface area contributed by atoms with E-state index in [4.69, 9.17) is 27.6 Å². The van der Waals surface area contributed by atoms with Crippen molar-refractivity contribution >= 4 is 23.2 Å². The zero-order chi connectivity index (χ0) is 11.5. The Hall–Kier alpha value is -0.920. The van der Waals surface area contributed by atoms with Gasteiger partial charge < -0.3 is 4.42 Å². The average Bonchev–Trinajstić information content (AvgIpc) is 2.77. The Labute approximate surface area is 105 Å². The van der Waals surface area contributed by atoms with Gasteiger partial charge in [-0.3, -0.25) is 0 Å². The summed E-state index contributed by atoms with van der Waals surface area (Å²) in [6, 6.07) is 9.49. The minimum atomic E-state index is -0.175. The molecule has 1 nitrogen and oxygen atoms in total. The van der Waals surface area contributed by atoms with Crippen LogP contribution in [0.25, 0.3) is 0 Å². The fourth-order valence-corrected chi connectivity index (χ4v) is 2.14. The van der Waals surface area contributed by atoms with Gasteiger partial charge in [0, 0.05) is 17.0 Å². The van der Waals surface area contributed by atoms with Gasteiger partial charge in [-0.1, -0.05) is 30.7 Å². The van der Waals surface area contributed by atoms with Crippen molar-refractivity contribution in [2.75, 3.05) is 0 Å². The van der Waals surface area contributed by atoms with E-state index >= 15 is 0 Å². The summed E-state index contributed by atoms with van der Waals surface area (Å²) in [6.45, 7) is 2.05. The summed E-state index contributed by atoms with van der Waals surface area (Å²) < 4.78 is 5.37. The van der Waals surface area contributed by atoms with E-state index in [1.165, 1.54) is 0 Å². The molecule has 1 heterocycles. The van der Waals surface area contributed by atoms with Gasteiger partial charge in [0.25, 0.3) is 0 Å². The maximum Gasteiger partial charge on any atom is 0.108 e. The van der Waals surface area contributed by atoms with E-state index in [1.54, 1.807) is 6.26 Å². The first kappa shape index (κ1) is 11.6. The molecule has 1 atom stereocenters. The Balaban J connectivity index is 2.31. The Morgan fingerprint density at radius 1 is 1.19 bits per heavy atom. The highest BCUT2D eigenvalue weighted by Crippen LogP contribution is 2.32. The molecule has 0 saturated carbocycles. The summed E-state index contributed by atoms with van der Waals surface area (Å²) in [4.78, 5) is 0. The highest BCUT2D eigenvalue weighted by Gasteiger charge is 2.16. The van der Waals surface area contributed by atoms with Gasteiger partial charge in [-0.15, -0.1) is 11.6 Å². The van der Waals surface area contributed by atoms with Crippen molar-refractivity contribution in [3.8, 4) is 0 Å². The SMILES string of the molecule is CCc1occc1C(Cl)c1ccc(Cl)cc1. The first-order valence-corrected chi connectivity index (χ1v) is 5.99. The molecule has 0 fully saturated rings. The van der Waals surface area contributed by atoms with Crippen molar-refractivity contribution in [2.45, 2.75) is 18.7 Å². The zero-order valence-electron chi connectivity index (χ0n) is 8.91. The maximum atomic E-state index is 6.41. The maximum absolute atomic E-state index is 6.41. The standard InChI is InChI=1S/C13H12Cl2O/c1-2-12-11(7-8-16-12)13(15)9-3-5-10(14)6-4-9/h3-8,13H,2H2,1H3. The van der Waals surface area contributed by atoms with Crippen molar-refractivity contribution in [2.24, 2.45) is 0 Å². The zero-order valence-corrected chi connectivity index (χ0v) is 10.4. The number of aryl methyl sites for hydroxylation is 1. The van der Waals surface area contributed by atoms with E-state index in [-0.39, 0.29) is 5.38 Å². The molecule has 0 aliphatic carbocycles. The van der Waals surface area contributed by atoms with Crippen LogP contribution in [0.4, 0.5) is 0 Å². The molecule has 2 aromatic rings. The van der Waals surface area contributed by atoms with Crippen molar-refractivity contribution in [3.05, 3.63) is 58.5 Å². The van der Waals surface area contributed by atoms with Crippen molar-refractivity contribution in [1.82, 2.24) is 0 Å². The van der Waals surface area contributed by atoms with Gasteiger partial charge in [0.1, 0.15) is 5.76 Å². The molecule has 1 unspecified atom stereocenters. The molecule has 0 radical (unpaired) electrons. The second-order valence-electron chi connectivity index (χ2n) is 3.57. The molecule has 1 aromatic heterocycles. The van der Waals surface area contributed by atoms with Crippen molar-refractivity contribution < 1.29 is 4.42 Å². The minimum absolute atomic E-state index is 0.175. The normalized spacial score (nSPS) is 12.7. The summed E-state index contributed by atoms with van der Waals surface area (Å²) in [5.74, 6) is 0.940. The Morgan fingerprint density at radius 3 is 2.50 bits per heavy atom. The number of alkyl halides is 1. The second kappa shape index (κ2) is 4.94. The van der Waals surface area contributed by atoms with Crippen molar-refractivity contribution in [1.29, 1.82) is 0 Å². The van der Waals surface area contributed by atoms with Crippen LogP contribution in [0.3, 0.4) is 0 Å². The molecule has 2 rings (SSSR count). The number of furan rings is 1. The molecule has 84 valence electrons. The molecular weight excluding hydrogens is 243 g/mol. The molecule has 0 bridgehead atoms. The summed E-state index contributed by atoms with van der Waals surface area (Å²) in [7, 11) is 0. The summed E-state index contributed by atoms with van der Waals surface area (Å²) in [5.41, 5.74) is 2.06. The fraction of sp³-hybridized carbons (Fsp3) is 0.231. The smallest absolute Gasteiger partial charge is 0.108 e. The first-order chi connectivity index (χ1) is 7.72. The lowest BCUT2D eigenvalue weighted by atomic mass is 10.0. The highest BCUT2D eigenvalue weighted by atomic mass is 35.5. The summed E-state index contributed by atoms with van der Waals surface area (Å²) >= 11 is 12.2. The van der Waals surface area contributed by atoms with E-state index in [0.29, 0.717) is 0 Å². The monoisotopic (exact) mass is 254 g/mol. The second-order valence-corrected chi connectivity index (χ2v) is 4.44. The molecular formula is C13H12Cl2O. The Morgan fingerprint density at radius 2 is 1.88 bits per heavy atom. The van der Waals surface area contributed by atoms with Crippen LogP contribution in [0.2, 0.25) is 5.02 Å². The van der Waals surface area contributed by atoms with Gasteiger partial charge >= 0.3 is 0 Å². The predicted molar refractivity (Wildman–Crippen MR) is 67.2 cm³/mol. The van der Waals surface area contributed by atoms with Crippen LogP contribution >= 0.6 is 23.2 Å². The van der Waals surface area contributed by atoms with Gasteiger partial charge in [0.15, 0.2) is 0 Å². The van der Waals surface area contributed by atoms with Gasteiger partial charge in [-0.25, -0.2) is 0 Å². The van der Waals surface area contributed by atoms with Gasteiger partial charge in [0.2, 0.25) is 0 Å². The van der Waals surface area contributed by atoms with Crippen LogP contribution in [-0.4, -0.2) is 0 Å². The lowest BCUT2D eigenvalue weighted by Crippen LogP contribution is -1.94. The largest absolute Gasteiger partial charge is 0.469 e. The number of rotatable bonds is 3. The van der Waals surface area contributed by atoms with E-state index in [1.807, 2.05) is 37.3 Å². The first-order valence-electron chi connectivity index (χ1n) is 5.18.